The van der Waals surface area contributed by atoms with E-state index in [2.05, 4.69) is 50.1 Å². The predicted molar refractivity (Wildman–Crippen MR) is 143 cm³/mol. The topological polar surface area (TPSA) is 91.4 Å². The van der Waals surface area contributed by atoms with Crippen LogP contribution in [0, 0.1) is 0 Å². The number of morpholine rings is 1. The molecule has 1 atom stereocenters. The van der Waals surface area contributed by atoms with Crippen LogP contribution >= 0.6 is 0 Å². The molecule has 0 saturated carbocycles. The van der Waals surface area contributed by atoms with Crippen molar-refractivity contribution in [1.82, 2.24) is 9.97 Å². The van der Waals surface area contributed by atoms with Gasteiger partial charge in [0.2, 0.25) is 0 Å². The Morgan fingerprint density at radius 3 is 2.67 bits per heavy atom. The number of carbonyl (C=O) groups is 1. The number of amides is 2. The molecule has 1 saturated heterocycles. The number of nitrogens with one attached hydrogen (secondary N) is 3. The highest BCUT2D eigenvalue weighted by Crippen LogP contribution is 2.33. The van der Waals surface area contributed by atoms with Gasteiger partial charge in [-0.25, -0.2) is 14.8 Å². The van der Waals surface area contributed by atoms with Gasteiger partial charge in [0.05, 0.1) is 24.8 Å². The van der Waals surface area contributed by atoms with Crippen molar-refractivity contribution in [3.05, 3.63) is 84.1 Å². The molecular formula is C28H28N6O2. The Bertz CT molecular complexity index is 1400. The van der Waals surface area contributed by atoms with Gasteiger partial charge < -0.3 is 25.6 Å². The van der Waals surface area contributed by atoms with Crippen molar-refractivity contribution in [3.8, 4) is 0 Å². The second-order valence-corrected chi connectivity index (χ2v) is 9.12. The fraction of sp³-hybridized carbons (Fsp3) is 0.250. The van der Waals surface area contributed by atoms with Gasteiger partial charge in [0.15, 0.2) is 0 Å². The van der Waals surface area contributed by atoms with E-state index < -0.39 is 0 Å². The van der Waals surface area contributed by atoms with Gasteiger partial charge in [0.1, 0.15) is 11.6 Å². The maximum absolute atomic E-state index is 12.7. The standard InChI is InChI=1S/C28H28N6O2/c35-28(31-22-11-12-29-27(18-22)34-13-15-36-16-14-34)30-21-7-9-24-20(17-21)6-10-26(32-24)33-25-8-5-19-3-1-2-4-23(19)25/h1-4,6-7,9-12,17-18,25H,5,8,13-16H2,(H,32,33)(H2,29,30,31,35)/t25-/m1/s1. The molecule has 0 unspecified atom stereocenters. The van der Waals surface area contributed by atoms with Crippen LogP contribution in [0.1, 0.15) is 23.6 Å². The van der Waals surface area contributed by atoms with Crippen LogP contribution < -0.4 is 20.9 Å². The molecule has 2 aromatic carbocycles. The van der Waals surface area contributed by atoms with Gasteiger partial charge in [0, 0.05) is 42.1 Å². The van der Waals surface area contributed by atoms with E-state index in [9.17, 15) is 4.79 Å². The van der Waals surface area contributed by atoms with E-state index in [-0.39, 0.29) is 12.1 Å². The molecule has 1 fully saturated rings. The van der Waals surface area contributed by atoms with Crippen LogP contribution in [0.3, 0.4) is 0 Å². The molecule has 3 N–H and O–H groups in total. The van der Waals surface area contributed by atoms with Crippen LogP contribution in [0.5, 0.6) is 0 Å². The highest BCUT2D eigenvalue weighted by atomic mass is 16.5. The van der Waals surface area contributed by atoms with Crippen LogP contribution in [-0.4, -0.2) is 42.3 Å². The average Bonchev–Trinajstić information content (AvgIpc) is 3.32. The molecule has 6 rings (SSSR count). The zero-order valence-corrected chi connectivity index (χ0v) is 19.9. The van der Waals surface area contributed by atoms with Crippen molar-refractivity contribution in [2.24, 2.45) is 0 Å². The molecule has 0 radical (unpaired) electrons. The minimum atomic E-state index is -0.306. The Morgan fingerprint density at radius 1 is 0.944 bits per heavy atom. The van der Waals surface area contributed by atoms with Gasteiger partial charge in [0.25, 0.3) is 0 Å². The van der Waals surface area contributed by atoms with E-state index in [1.54, 1.807) is 12.3 Å². The summed E-state index contributed by atoms with van der Waals surface area (Å²) in [6.45, 7) is 2.95. The second-order valence-electron chi connectivity index (χ2n) is 9.12. The predicted octanol–water partition coefficient (Wildman–Crippen LogP) is 5.21. The number of rotatable bonds is 5. The smallest absolute Gasteiger partial charge is 0.323 e. The summed E-state index contributed by atoms with van der Waals surface area (Å²) in [6, 6.07) is 22.0. The number of nitrogens with zero attached hydrogens (tertiary/aromatic N) is 3. The lowest BCUT2D eigenvalue weighted by Gasteiger charge is -2.28. The minimum absolute atomic E-state index is 0.285. The normalized spacial score (nSPS) is 17.0. The molecule has 2 amide bonds. The van der Waals surface area contributed by atoms with E-state index in [0.29, 0.717) is 24.6 Å². The summed E-state index contributed by atoms with van der Waals surface area (Å²) in [4.78, 5) is 24.0. The van der Waals surface area contributed by atoms with Crippen LogP contribution in [-0.2, 0) is 11.2 Å². The summed E-state index contributed by atoms with van der Waals surface area (Å²) >= 11 is 0. The Balaban J connectivity index is 1.11. The van der Waals surface area contributed by atoms with Crippen molar-refractivity contribution in [3.63, 3.8) is 0 Å². The first-order chi connectivity index (χ1) is 17.7. The lowest BCUT2D eigenvalue weighted by molar-refractivity contribution is 0.122. The summed E-state index contributed by atoms with van der Waals surface area (Å²) in [6.07, 6.45) is 3.87. The molecule has 1 aliphatic heterocycles. The van der Waals surface area contributed by atoms with Crippen molar-refractivity contribution < 1.29 is 9.53 Å². The molecular weight excluding hydrogens is 452 g/mol. The summed E-state index contributed by atoms with van der Waals surface area (Å²) in [5.41, 5.74) is 5.04. The van der Waals surface area contributed by atoms with Gasteiger partial charge in [-0.3, -0.25) is 0 Å². The maximum atomic E-state index is 12.7. The molecule has 4 aromatic rings. The third kappa shape index (κ3) is 4.81. The lowest BCUT2D eigenvalue weighted by Crippen LogP contribution is -2.36. The van der Waals surface area contributed by atoms with Crippen molar-refractivity contribution in [2.75, 3.05) is 47.2 Å². The number of urea groups is 1. The largest absolute Gasteiger partial charge is 0.378 e. The van der Waals surface area contributed by atoms with Crippen molar-refractivity contribution >= 4 is 39.9 Å². The van der Waals surface area contributed by atoms with E-state index in [1.165, 1.54) is 11.1 Å². The first-order valence-corrected chi connectivity index (χ1v) is 12.3. The Labute approximate surface area is 209 Å². The maximum Gasteiger partial charge on any atom is 0.323 e. The third-order valence-corrected chi connectivity index (χ3v) is 6.74. The summed E-state index contributed by atoms with van der Waals surface area (Å²) in [5, 5.41) is 10.4. The Kier molecular flexibility index (Phi) is 6.09. The molecule has 3 heterocycles. The van der Waals surface area contributed by atoms with E-state index in [1.807, 2.05) is 36.4 Å². The summed E-state index contributed by atoms with van der Waals surface area (Å²) in [5.74, 6) is 1.69. The number of hydrogen-bond acceptors (Lipinski definition) is 6. The molecule has 182 valence electrons. The first kappa shape index (κ1) is 22.3. The van der Waals surface area contributed by atoms with Crippen molar-refractivity contribution in [1.29, 1.82) is 0 Å². The summed E-state index contributed by atoms with van der Waals surface area (Å²) < 4.78 is 5.40. The Hall–Kier alpha value is -4.17. The number of anilines is 4. The zero-order valence-electron chi connectivity index (χ0n) is 19.9. The molecule has 2 aliphatic rings. The van der Waals surface area contributed by atoms with Gasteiger partial charge in [-0.1, -0.05) is 24.3 Å². The molecule has 36 heavy (non-hydrogen) atoms. The van der Waals surface area contributed by atoms with Crippen LogP contribution in [0.15, 0.2) is 72.9 Å². The van der Waals surface area contributed by atoms with E-state index >= 15 is 0 Å². The lowest BCUT2D eigenvalue weighted by atomic mass is 10.1. The number of carbonyl (C=O) groups excluding carboxylic acids is 1. The second kappa shape index (κ2) is 9.83. The molecule has 0 spiro atoms. The van der Waals surface area contributed by atoms with E-state index in [0.717, 1.165) is 48.5 Å². The molecule has 8 nitrogen and oxygen atoms in total. The highest BCUT2D eigenvalue weighted by molar-refractivity contribution is 6.01. The van der Waals surface area contributed by atoms with E-state index in [4.69, 9.17) is 9.72 Å². The molecule has 0 bridgehead atoms. The number of hydrogen-bond donors (Lipinski definition) is 3. The van der Waals surface area contributed by atoms with Gasteiger partial charge in [-0.2, -0.15) is 0 Å². The number of benzene rings is 2. The fourth-order valence-electron chi connectivity index (χ4n) is 4.92. The number of pyridine rings is 2. The minimum Gasteiger partial charge on any atom is -0.378 e. The zero-order chi connectivity index (χ0) is 24.3. The van der Waals surface area contributed by atoms with Crippen molar-refractivity contribution in [2.45, 2.75) is 18.9 Å². The SMILES string of the molecule is O=C(Nc1ccnc(N2CCOCC2)c1)Nc1ccc2nc(N[C@@H]3CCc4ccccc43)ccc2c1. The Morgan fingerprint density at radius 2 is 1.78 bits per heavy atom. The van der Waals surface area contributed by atoms with Crippen LogP contribution in [0.2, 0.25) is 0 Å². The highest BCUT2D eigenvalue weighted by Gasteiger charge is 2.22. The number of aromatic nitrogens is 2. The molecule has 2 aromatic heterocycles. The number of fused-ring (bicyclic) bond motifs is 2. The van der Waals surface area contributed by atoms with Crippen LogP contribution in [0.4, 0.5) is 27.8 Å². The summed E-state index contributed by atoms with van der Waals surface area (Å²) in [7, 11) is 0. The number of aryl methyl sites for hydroxylation is 1. The monoisotopic (exact) mass is 480 g/mol. The average molecular weight is 481 g/mol. The quantitative estimate of drug-likeness (QED) is 0.363. The van der Waals surface area contributed by atoms with Crippen LogP contribution in [0.25, 0.3) is 10.9 Å². The van der Waals surface area contributed by atoms with Gasteiger partial charge in [-0.05, 0) is 60.4 Å². The third-order valence-electron chi connectivity index (χ3n) is 6.74. The molecule has 8 heteroatoms. The fourth-order valence-corrected chi connectivity index (χ4v) is 4.92. The molecule has 1 aliphatic carbocycles. The number of ether oxygens (including phenoxy) is 1. The van der Waals surface area contributed by atoms with Gasteiger partial charge in [-0.15, -0.1) is 0 Å². The van der Waals surface area contributed by atoms with Gasteiger partial charge >= 0.3 is 6.03 Å². The first-order valence-electron chi connectivity index (χ1n) is 12.3.